The van der Waals surface area contributed by atoms with E-state index in [0.29, 0.717) is 24.0 Å². The van der Waals surface area contributed by atoms with Gasteiger partial charge in [0.1, 0.15) is 23.0 Å². The van der Waals surface area contributed by atoms with E-state index in [4.69, 9.17) is 0 Å². The number of aliphatic hydroxyl groups is 1. The van der Waals surface area contributed by atoms with Crippen LogP contribution in [0, 0.1) is 5.92 Å². The lowest BCUT2D eigenvalue weighted by Gasteiger charge is -2.12. The number of allylic oxidation sites excluding steroid dienone is 2. The molecule has 0 bridgehead atoms. The van der Waals surface area contributed by atoms with Crippen LogP contribution < -0.4 is 0 Å². The fourth-order valence-corrected chi connectivity index (χ4v) is 2.85. The number of carbonyl (C=O) groups is 1. The largest absolute Gasteiger partial charge is 0.508 e. The van der Waals surface area contributed by atoms with Crippen LogP contribution in [-0.4, -0.2) is 21.1 Å². The molecule has 23 heavy (non-hydrogen) atoms. The van der Waals surface area contributed by atoms with Gasteiger partial charge in [-0.3, -0.25) is 4.79 Å². The van der Waals surface area contributed by atoms with Gasteiger partial charge < -0.3 is 15.3 Å². The number of hydrogen-bond donors (Lipinski definition) is 3. The third kappa shape index (κ3) is 4.88. The maximum Gasteiger partial charge on any atom is 0.132 e. The molecule has 4 heteroatoms. The highest BCUT2D eigenvalue weighted by molar-refractivity contribution is 5.78. The molecule has 0 fully saturated rings. The van der Waals surface area contributed by atoms with Crippen LogP contribution in [0.15, 0.2) is 24.3 Å². The fraction of sp³-hybridized carbons (Fsp3) is 0.421. The van der Waals surface area contributed by atoms with E-state index < -0.39 is 0 Å². The Balaban J connectivity index is 2.39. The van der Waals surface area contributed by atoms with Gasteiger partial charge in [0.2, 0.25) is 0 Å². The second-order valence-corrected chi connectivity index (χ2v) is 6.18. The molecule has 0 aromatic heterocycles. The SMILES string of the molecule is CC1/C=C(\O)c2c(O)cc(O)cc2/C=C/CCCC(=O)CCC1. The van der Waals surface area contributed by atoms with Gasteiger partial charge in [0, 0.05) is 18.9 Å². The second kappa shape index (κ2) is 7.86. The van der Waals surface area contributed by atoms with Crippen LogP contribution in [0.5, 0.6) is 11.5 Å². The summed E-state index contributed by atoms with van der Waals surface area (Å²) in [5.74, 6) is 0.177. The number of fused-ring (bicyclic) bond motifs is 1. The zero-order chi connectivity index (χ0) is 16.8. The maximum absolute atomic E-state index is 11.8. The van der Waals surface area contributed by atoms with Gasteiger partial charge in [0.05, 0.1) is 5.56 Å². The van der Waals surface area contributed by atoms with E-state index in [1.54, 1.807) is 12.2 Å². The molecule has 1 aliphatic rings. The molecule has 124 valence electrons. The van der Waals surface area contributed by atoms with Crippen LogP contribution >= 0.6 is 0 Å². The lowest BCUT2D eigenvalue weighted by atomic mass is 9.96. The first-order valence-corrected chi connectivity index (χ1v) is 8.12. The number of hydrogen-bond acceptors (Lipinski definition) is 4. The Morgan fingerprint density at radius 2 is 1.83 bits per heavy atom. The summed E-state index contributed by atoms with van der Waals surface area (Å²) < 4.78 is 0. The molecule has 0 aliphatic heterocycles. The first-order valence-electron chi connectivity index (χ1n) is 8.12. The lowest BCUT2D eigenvalue weighted by molar-refractivity contribution is -0.119. The number of Topliss-reactive ketones (excluding diaryl/α,β-unsaturated/α-hetero) is 1. The molecule has 1 aromatic carbocycles. The van der Waals surface area contributed by atoms with E-state index in [1.807, 2.05) is 13.0 Å². The minimum atomic E-state index is -0.145. The van der Waals surface area contributed by atoms with Crippen molar-refractivity contribution in [3.8, 4) is 11.5 Å². The number of benzene rings is 1. The Labute approximate surface area is 136 Å². The smallest absolute Gasteiger partial charge is 0.132 e. The van der Waals surface area contributed by atoms with Gasteiger partial charge in [0.25, 0.3) is 0 Å². The van der Waals surface area contributed by atoms with Crippen molar-refractivity contribution in [3.05, 3.63) is 35.4 Å². The monoisotopic (exact) mass is 316 g/mol. The molecule has 1 aromatic rings. The second-order valence-electron chi connectivity index (χ2n) is 6.18. The lowest BCUT2D eigenvalue weighted by Crippen LogP contribution is -2.00. The molecule has 0 spiro atoms. The zero-order valence-corrected chi connectivity index (χ0v) is 13.5. The van der Waals surface area contributed by atoms with E-state index in [2.05, 4.69) is 0 Å². The first-order chi connectivity index (χ1) is 11.0. The summed E-state index contributed by atoms with van der Waals surface area (Å²) in [7, 11) is 0. The number of aliphatic hydroxyl groups excluding tert-OH is 1. The highest BCUT2D eigenvalue weighted by Crippen LogP contribution is 2.33. The highest BCUT2D eigenvalue weighted by Gasteiger charge is 2.14. The molecule has 0 heterocycles. The van der Waals surface area contributed by atoms with Crippen molar-refractivity contribution >= 4 is 17.6 Å². The third-order valence-corrected chi connectivity index (χ3v) is 4.07. The summed E-state index contributed by atoms with van der Waals surface area (Å²) in [6.07, 6.45) is 9.65. The van der Waals surface area contributed by atoms with Crippen molar-refractivity contribution in [2.45, 2.75) is 45.4 Å². The van der Waals surface area contributed by atoms with Gasteiger partial charge in [-0.15, -0.1) is 0 Å². The van der Waals surface area contributed by atoms with Crippen LogP contribution in [-0.2, 0) is 4.79 Å². The van der Waals surface area contributed by atoms with Gasteiger partial charge in [-0.05, 0) is 49.3 Å². The molecule has 0 radical (unpaired) electrons. The van der Waals surface area contributed by atoms with E-state index >= 15 is 0 Å². The van der Waals surface area contributed by atoms with Gasteiger partial charge in [-0.2, -0.15) is 0 Å². The average Bonchev–Trinajstić information content (AvgIpc) is 2.45. The number of carbonyl (C=O) groups excluding carboxylic acids is 1. The zero-order valence-electron chi connectivity index (χ0n) is 13.5. The Morgan fingerprint density at radius 3 is 2.61 bits per heavy atom. The number of aromatic hydroxyl groups is 2. The Hall–Kier alpha value is -2.23. The van der Waals surface area contributed by atoms with E-state index in [9.17, 15) is 20.1 Å². The molecule has 0 amide bonds. The normalized spacial score (nSPS) is 24.1. The van der Waals surface area contributed by atoms with Crippen molar-refractivity contribution in [3.63, 3.8) is 0 Å². The summed E-state index contributed by atoms with van der Waals surface area (Å²) >= 11 is 0. The Bertz CT molecular complexity index is 629. The summed E-state index contributed by atoms with van der Waals surface area (Å²) in [5.41, 5.74) is 0.894. The van der Waals surface area contributed by atoms with Crippen LogP contribution in [0.25, 0.3) is 11.8 Å². The number of phenolic OH excluding ortho intramolecular Hbond substituents is 2. The van der Waals surface area contributed by atoms with E-state index in [0.717, 1.165) is 25.7 Å². The van der Waals surface area contributed by atoms with Crippen LogP contribution in [0.4, 0.5) is 0 Å². The highest BCUT2D eigenvalue weighted by atomic mass is 16.3. The quantitative estimate of drug-likeness (QED) is 0.655. The van der Waals surface area contributed by atoms with Crippen LogP contribution in [0.3, 0.4) is 0 Å². The molecule has 0 saturated carbocycles. The van der Waals surface area contributed by atoms with Gasteiger partial charge in [-0.1, -0.05) is 19.1 Å². The van der Waals surface area contributed by atoms with E-state index in [-0.39, 0.29) is 29.0 Å². The fourth-order valence-electron chi connectivity index (χ4n) is 2.85. The topological polar surface area (TPSA) is 77.8 Å². The van der Waals surface area contributed by atoms with E-state index in [1.165, 1.54) is 12.1 Å². The van der Waals surface area contributed by atoms with Gasteiger partial charge in [-0.25, -0.2) is 0 Å². The third-order valence-electron chi connectivity index (χ3n) is 4.07. The van der Waals surface area contributed by atoms with Crippen molar-refractivity contribution in [1.29, 1.82) is 0 Å². The first kappa shape index (κ1) is 17.1. The molecule has 1 atom stereocenters. The minimum Gasteiger partial charge on any atom is -0.508 e. The molecule has 0 saturated heterocycles. The van der Waals surface area contributed by atoms with Crippen molar-refractivity contribution in [2.75, 3.05) is 0 Å². The molecular formula is C19H24O4. The van der Waals surface area contributed by atoms with Crippen molar-refractivity contribution < 1.29 is 20.1 Å². The number of rotatable bonds is 0. The molecule has 2 rings (SSSR count). The molecule has 3 N–H and O–H groups in total. The summed E-state index contributed by atoms with van der Waals surface area (Å²) in [5, 5.41) is 30.2. The van der Waals surface area contributed by atoms with Gasteiger partial charge in [0.15, 0.2) is 0 Å². The number of ketones is 1. The average molecular weight is 316 g/mol. The summed E-state index contributed by atoms with van der Waals surface area (Å²) in [6, 6.07) is 2.74. The van der Waals surface area contributed by atoms with Gasteiger partial charge >= 0.3 is 0 Å². The Morgan fingerprint density at radius 1 is 1.09 bits per heavy atom. The Kier molecular flexibility index (Phi) is 5.85. The maximum atomic E-state index is 11.8. The minimum absolute atomic E-state index is 0.00182. The summed E-state index contributed by atoms with van der Waals surface area (Å²) in [6.45, 7) is 1.97. The molecule has 1 unspecified atom stereocenters. The van der Waals surface area contributed by atoms with Crippen LogP contribution in [0.2, 0.25) is 0 Å². The van der Waals surface area contributed by atoms with Crippen molar-refractivity contribution in [2.24, 2.45) is 5.92 Å². The number of phenols is 2. The molecular weight excluding hydrogens is 292 g/mol. The predicted octanol–water partition coefficient (Wildman–Crippen LogP) is 4.57. The summed E-state index contributed by atoms with van der Waals surface area (Å²) in [4.78, 5) is 11.8. The predicted molar refractivity (Wildman–Crippen MR) is 91.3 cm³/mol. The van der Waals surface area contributed by atoms with Crippen LogP contribution in [0.1, 0.15) is 56.6 Å². The molecule has 4 nitrogen and oxygen atoms in total. The standard InChI is InChI=1S/C19H24O4/c1-13-6-5-9-15(20)8-4-2-3-7-14-11-16(21)12-18(23)19(14)17(22)10-13/h3,7,10-13,21-23H,2,4-6,8-9H2,1H3/b7-3+,17-10-. The molecule has 1 aliphatic carbocycles. The van der Waals surface area contributed by atoms with Crippen molar-refractivity contribution in [1.82, 2.24) is 0 Å².